The van der Waals surface area contributed by atoms with Gasteiger partial charge in [-0.3, -0.25) is 4.79 Å². The van der Waals surface area contributed by atoms with Crippen molar-refractivity contribution in [3.8, 4) is 5.75 Å². The van der Waals surface area contributed by atoms with Crippen LogP contribution in [0.5, 0.6) is 5.75 Å². The molecule has 110 valence electrons. The molecule has 0 aliphatic carbocycles. The van der Waals surface area contributed by atoms with Gasteiger partial charge in [-0.1, -0.05) is 17.7 Å². The molecule has 0 radical (unpaired) electrons. The van der Waals surface area contributed by atoms with Crippen LogP contribution in [-0.4, -0.2) is 23.6 Å². The van der Waals surface area contributed by atoms with Crippen molar-refractivity contribution in [3.05, 3.63) is 29.3 Å². The second kappa shape index (κ2) is 5.38. The molecule has 1 unspecified atom stereocenters. The van der Waals surface area contributed by atoms with Gasteiger partial charge >= 0.3 is 0 Å². The molecule has 0 N–H and O–H groups in total. The highest BCUT2D eigenvalue weighted by Crippen LogP contribution is 2.42. The molecule has 0 saturated carbocycles. The Labute approximate surface area is 125 Å². The van der Waals surface area contributed by atoms with Gasteiger partial charge in [0, 0.05) is 5.02 Å². The summed E-state index contributed by atoms with van der Waals surface area (Å²) in [6.45, 7) is 8.00. The summed E-state index contributed by atoms with van der Waals surface area (Å²) >= 11 is 5.89. The zero-order chi connectivity index (χ0) is 15.0. The lowest BCUT2D eigenvalue weighted by Gasteiger charge is -2.26. The van der Waals surface area contributed by atoms with Crippen LogP contribution in [-0.2, 0) is 9.53 Å². The van der Waals surface area contributed by atoms with Gasteiger partial charge in [-0.05, 0) is 52.3 Å². The number of Topliss-reactive ketones (excluding diaryl/α,β-unsaturated/α-hetero) is 1. The van der Waals surface area contributed by atoms with Crippen LogP contribution < -0.4 is 4.74 Å². The fourth-order valence-electron chi connectivity index (χ4n) is 2.88. The number of rotatable bonds is 4. The van der Waals surface area contributed by atoms with Crippen molar-refractivity contribution in [1.82, 2.24) is 0 Å². The molecule has 1 heterocycles. The van der Waals surface area contributed by atoms with Crippen LogP contribution in [0.3, 0.4) is 0 Å². The van der Waals surface area contributed by atoms with Crippen LogP contribution in [0.1, 0.15) is 34.1 Å². The summed E-state index contributed by atoms with van der Waals surface area (Å²) in [4.78, 5) is 12.4. The minimum absolute atomic E-state index is 0.0495. The largest absolute Gasteiger partial charge is 0.486 e. The molecule has 1 aliphatic rings. The molecule has 0 spiro atoms. The van der Waals surface area contributed by atoms with Crippen molar-refractivity contribution in [2.24, 2.45) is 5.92 Å². The van der Waals surface area contributed by atoms with Gasteiger partial charge in [-0.25, -0.2) is 0 Å². The van der Waals surface area contributed by atoms with Gasteiger partial charge in [0.2, 0.25) is 0 Å². The number of carbonyl (C=O) groups is 1. The average Bonchev–Trinajstić information content (AvgIpc) is 2.54. The number of hydrogen-bond acceptors (Lipinski definition) is 3. The van der Waals surface area contributed by atoms with E-state index in [2.05, 4.69) is 0 Å². The maximum absolute atomic E-state index is 12.4. The van der Waals surface area contributed by atoms with E-state index in [4.69, 9.17) is 21.1 Å². The van der Waals surface area contributed by atoms with E-state index in [0.29, 0.717) is 10.8 Å². The lowest BCUT2D eigenvalue weighted by Crippen LogP contribution is -2.36. The van der Waals surface area contributed by atoms with Crippen molar-refractivity contribution < 1.29 is 14.3 Å². The molecular formula is C16H21ClO3. The van der Waals surface area contributed by atoms with Gasteiger partial charge < -0.3 is 9.47 Å². The third-order valence-electron chi connectivity index (χ3n) is 3.64. The fraction of sp³-hybridized carbons (Fsp3) is 0.562. The van der Waals surface area contributed by atoms with Crippen molar-refractivity contribution in [3.63, 3.8) is 0 Å². The van der Waals surface area contributed by atoms with Crippen LogP contribution in [0.2, 0.25) is 5.02 Å². The smallest absolute Gasteiger partial charge is 0.176 e. The number of carbonyl (C=O) groups excluding carboxylic acids is 1. The third kappa shape index (κ3) is 3.53. The first-order valence-corrected chi connectivity index (χ1v) is 7.19. The zero-order valence-electron chi connectivity index (χ0n) is 12.4. The maximum atomic E-state index is 12.4. The van der Waals surface area contributed by atoms with Gasteiger partial charge in [-0.2, -0.15) is 0 Å². The van der Waals surface area contributed by atoms with Crippen molar-refractivity contribution >= 4 is 17.4 Å². The van der Waals surface area contributed by atoms with E-state index in [1.165, 1.54) is 0 Å². The standard InChI is InChI=1S/C16H21ClO3/c1-15(2)9-13(16(3,4)20-15)14(18)10-19-12-7-5-6-11(17)8-12/h5-8,13H,9-10H2,1-4H3. The van der Waals surface area contributed by atoms with E-state index < -0.39 is 5.60 Å². The summed E-state index contributed by atoms with van der Waals surface area (Å²) in [5, 5.41) is 0.598. The zero-order valence-corrected chi connectivity index (χ0v) is 13.2. The van der Waals surface area contributed by atoms with Crippen molar-refractivity contribution in [2.45, 2.75) is 45.3 Å². The highest BCUT2D eigenvalue weighted by Gasteiger charge is 2.49. The van der Waals surface area contributed by atoms with Crippen LogP contribution in [0.25, 0.3) is 0 Å². The van der Waals surface area contributed by atoms with Crippen LogP contribution >= 0.6 is 11.6 Å². The molecule has 1 fully saturated rings. The molecule has 20 heavy (non-hydrogen) atoms. The molecule has 1 aliphatic heterocycles. The average molecular weight is 297 g/mol. The first kappa shape index (κ1) is 15.3. The molecule has 1 aromatic carbocycles. The molecule has 1 saturated heterocycles. The number of benzene rings is 1. The van der Waals surface area contributed by atoms with Crippen LogP contribution in [0, 0.1) is 5.92 Å². The summed E-state index contributed by atoms with van der Waals surface area (Å²) in [5.41, 5.74) is -0.710. The Morgan fingerprint density at radius 3 is 2.65 bits per heavy atom. The highest BCUT2D eigenvalue weighted by atomic mass is 35.5. The molecule has 4 heteroatoms. The lowest BCUT2D eigenvalue weighted by atomic mass is 9.84. The second-order valence-corrected chi connectivity index (χ2v) is 6.87. The Morgan fingerprint density at radius 1 is 1.40 bits per heavy atom. The van der Waals surface area contributed by atoms with E-state index >= 15 is 0 Å². The van der Waals surface area contributed by atoms with E-state index in [1.54, 1.807) is 24.3 Å². The SMILES string of the molecule is CC1(C)CC(C(=O)COc2cccc(Cl)c2)C(C)(C)O1. The van der Waals surface area contributed by atoms with Gasteiger partial charge in [0.25, 0.3) is 0 Å². The Morgan fingerprint density at radius 2 is 2.10 bits per heavy atom. The van der Waals surface area contributed by atoms with E-state index in [-0.39, 0.29) is 23.9 Å². The minimum Gasteiger partial charge on any atom is -0.486 e. The Balaban J connectivity index is 1.99. The molecule has 3 nitrogen and oxygen atoms in total. The number of ketones is 1. The van der Waals surface area contributed by atoms with Gasteiger partial charge in [0.15, 0.2) is 5.78 Å². The summed E-state index contributed by atoms with van der Waals surface area (Å²) < 4.78 is 11.5. The van der Waals surface area contributed by atoms with E-state index in [9.17, 15) is 4.79 Å². The fourth-order valence-corrected chi connectivity index (χ4v) is 3.06. The van der Waals surface area contributed by atoms with Gasteiger partial charge in [0.1, 0.15) is 12.4 Å². The van der Waals surface area contributed by atoms with Crippen molar-refractivity contribution in [2.75, 3.05) is 6.61 Å². The van der Waals surface area contributed by atoms with E-state index in [1.807, 2.05) is 27.7 Å². The molecule has 1 atom stereocenters. The van der Waals surface area contributed by atoms with Crippen molar-refractivity contribution in [1.29, 1.82) is 0 Å². The molecular weight excluding hydrogens is 276 g/mol. The first-order chi connectivity index (χ1) is 9.20. The summed E-state index contributed by atoms with van der Waals surface area (Å²) in [6, 6.07) is 7.06. The number of hydrogen-bond donors (Lipinski definition) is 0. The predicted molar refractivity (Wildman–Crippen MR) is 79.3 cm³/mol. The molecule has 0 amide bonds. The number of ether oxygens (including phenoxy) is 2. The monoisotopic (exact) mass is 296 g/mol. The van der Waals surface area contributed by atoms with E-state index in [0.717, 1.165) is 6.42 Å². The quantitative estimate of drug-likeness (QED) is 0.846. The third-order valence-corrected chi connectivity index (χ3v) is 3.88. The normalized spacial score (nSPS) is 23.6. The van der Waals surface area contributed by atoms with Crippen LogP contribution in [0.4, 0.5) is 0 Å². The topological polar surface area (TPSA) is 35.5 Å². The van der Waals surface area contributed by atoms with Gasteiger partial charge in [0.05, 0.1) is 17.1 Å². The summed E-state index contributed by atoms with van der Waals surface area (Å²) in [6.07, 6.45) is 0.720. The lowest BCUT2D eigenvalue weighted by molar-refractivity contribution is -0.131. The summed E-state index contributed by atoms with van der Waals surface area (Å²) in [5.74, 6) is 0.541. The minimum atomic E-state index is -0.446. The molecule has 0 aromatic heterocycles. The molecule has 1 aromatic rings. The molecule has 0 bridgehead atoms. The Bertz CT molecular complexity index is 508. The van der Waals surface area contributed by atoms with Gasteiger partial charge in [-0.15, -0.1) is 0 Å². The second-order valence-electron chi connectivity index (χ2n) is 6.43. The Hall–Kier alpha value is -1.06. The predicted octanol–water partition coefficient (Wildman–Crippen LogP) is 3.88. The number of halogens is 1. The maximum Gasteiger partial charge on any atom is 0.176 e. The first-order valence-electron chi connectivity index (χ1n) is 6.81. The Kier molecular flexibility index (Phi) is 4.12. The highest BCUT2D eigenvalue weighted by molar-refractivity contribution is 6.30. The summed E-state index contributed by atoms with van der Waals surface area (Å²) in [7, 11) is 0. The van der Waals surface area contributed by atoms with Crippen LogP contribution in [0.15, 0.2) is 24.3 Å². The molecule has 2 rings (SSSR count).